The molecule has 1 atom stereocenters. The van der Waals surface area contributed by atoms with E-state index in [2.05, 4.69) is 19.8 Å². The zero-order valence-corrected chi connectivity index (χ0v) is 18.3. The van der Waals surface area contributed by atoms with Gasteiger partial charge >= 0.3 is 6.01 Å². The molecule has 3 fully saturated rings. The number of fused-ring (bicyclic) bond motifs is 3. The number of rotatable bonds is 3. The summed E-state index contributed by atoms with van der Waals surface area (Å²) >= 11 is 6.15. The number of nitrogens with zero attached hydrogens (tertiary/aromatic N) is 5. The summed E-state index contributed by atoms with van der Waals surface area (Å²) in [6.07, 6.45) is 7.10. The van der Waals surface area contributed by atoms with Crippen LogP contribution in [0, 0.1) is 5.82 Å². The molecule has 4 aliphatic rings. The van der Waals surface area contributed by atoms with Gasteiger partial charge in [-0.2, -0.15) is 9.97 Å². The lowest BCUT2D eigenvalue weighted by Crippen LogP contribution is -2.43. The Kier molecular flexibility index (Phi) is 4.92. The van der Waals surface area contributed by atoms with Gasteiger partial charge in [0.2, 0.25) is 0 Å². The molecule has 6 rings (SSSR count). The van der Waals surface area contributed by atoms with Crippen LogP contribution in [0.15, 0.2) is 0 Å². The Morgan fingerprint density at radius 3 is 2.81 bits per heavy atom. The summed E-state index contributed by atoms with van der Waals surface area (Å²) in [5.74, 6) is 0.109. The number of anilines is 1. The number of aromatic nitrogens is 3. The summed E-state index contributed by atoms with van der Waals surface area (Å²) in [4.78, 5) is 18.5. The van der Waals surface area contributed by atoms with Gasteiger partial charge in [-0.1, -0.05) is 11.6 Å². The first-order valence-corrected chi connectivity index (χ1v) is 11.8. The third-order valence-electron chi connectivity index (χ3n) is 7.49. The quantitative estimate of drug-likeness (QED) is 0.668. The van der Waals surface area contributed by atoms with Crippen molar-refractivity contribution in [3.8, 4) is 6.01 Å². The fourth-order valence-corrected chi connectivity index (χ4v) is 6.13. The van der Waals surface area contributed by atoms with E-state index >= 15 is 4.39 Å². The van der Waals surface area contributed by atoms with Gasteiger partial charge in [0.15, 0.2) is 11.0 Å². The van der Waals surface area contributed by atoms with Gasteiger partial charge in [-0.25, -0.2) is 9.37 Å². The highest BCUT2D eigenvalue weighted by Gasteiger charge is 2.45. The van der Waals surface area contributed by atoms with Crippen molar-refractivity contribution < 1.29 is 13.9 Å². The van der Waals surface area contributed by atoms with E-state index in [4.69, 9.17) is 26.1 Å². The Morgan fingerprint density at radius 1 is 1.13 bits per heavy atom. The van der Waals surface area contributed by atoms with Crippen molar-refractivity contribution >= 4 is 28.3 Å². The number of aryl methyl sites for hydroxylation is 1. The van der Waals surface area contributed by atoms with Crippen LogP contribution in [0.3, 0.4) is 0 Å². The average Bonchev–Trinajstić information content (AvgIpc) is 3.20. The van der Waals surface area contributed by atoms with Crippen molar-refractivity contribution in [2.24, 2.45) is 0 Å². The fraction of sp³-hybridized carbons (Fsp3) is 0.682. The van der Waals surface area contributed by atoms with Crippen LogP contribution in [0.5, 0.6) is 6.01 Å². The monoisotopic (exact) mass is 447 g/mol. The standard InChI is InChI=1S/C22H27ClFN5O2/c23-19-17(24)18-16-15(25-19)5-4-14-12-30-11-3-10-29(14)20(16)27-21(26-18)31-13-22-6-1-8-28(22)9-2-7-22/h14H,1-13H2. The van der Waals surface area contributed by atoms with E-state index in [0.29, 0.717) is 30.8 Å². The largest absolute Gasteiger partial charge is 0.461 e. The molecule has 6 heterocycles. The second kappa shape index (κ2) is 7.67. The van der Waals surface area contributed by atoms with Gasteiger partial charge in [-0.15, -0.1) is 0 Å². The van der Waals surface area contributed by atoms with E-state index in [9.17, 15) is 0 Å². The van der Waals surface area contributed by atoms with Gasteiger partial charge in [0.1, 0.15) is 17.9 Å². The van der Waals surface area contributed by atoms with Gasteiger partial charge < -0.3 is 14.4 Å². The third kappa shape index (κ3) is 3.26. The lowest BCUT2D eigenvalue weighted by molar-refractivity contribution is 0.108. The van der Waals surface area contributed by atoms with E-state index in [1.54, 1.807) is 0 Å². The minimum Gasteiger partial charge on any atom is -0.461 e. The Balaban J connectivity index is 1.43. The van der Waals surface area contributed by atoms with Crippen LogP contribution >= 0.6 is 11.6 Å². The van der Waals surface area contributed by atoms with E-state index < -0.39 is 5.82 Å². The van der Waals surface area contributed by atoms with Crippen molar-refractivity contribution in [3.63, 3.8) is 0 Å². The molecule has 31 heavy (non-hydrogen) atoms. The molecule has 0 amide bonds. The number of pyridine rings is 1. The normalized spacial score (nSPS) is 25.2. The smallest absolute Gasteiger partial charge is 0.319 e. The van der Waals surface area contributed by atoms with Gasteiger partial charge in [0, 0.05) is 13.2 Å². The summed E-state index contributed by atoms with van der Waals surface area (Å²) in [5, 5.41) is 0.531. The summed E-state index contributed by atoms with van der Waals surface area (Å²) < 4.78 is 27.1. The molecule has 0 aliphatic carbocycles. The summed E-state index contributed by atoms with van der Waals surface area (Å²) in [5.41, 5.74) is 1.05. The molecule has 3 saturated heterocycles. The lowest BCUT2D eigenvalue weighted by atomic mass is 9.95. The first-order chi connectivity index (χ1) is 15.1. The highest BCUT2D eigenvalue weighted by atomic mass is 35.5. The van der Waals surface area contributed by atoms with Crippen molar-refractivity contribution in [3.05, 3.63) is 16.7 Å². The van der Waals surface area contributed by atoms with E-state index in [1.807, 2.05) is 0 Å². The third-order valence-corrected chi connectivity index (χ3v) is 7.74. The highest BCUT2D eigenvalue weighted by Crippen LogP contribution is 2.40. The zero-order valence-electron chi connectivity index (χ0n) is 17.6. The van der Waals surface area contributed by atoms with Crippen LogP contribution < -0.4 is 9.64 Å². The predicted molar refractivity (Wildman–Crippen MR) is 115 cm³/mol. The van der Waals surface area contributed by atoms with Crippen LogP contribution in [-0.2, 0) is 11.2 Å². The molecule has 0 aromatic carbocycles. The van der Waals surface area contributed by atoms with Crippen LogP contribution in [0.1, 0.15) is 44.2 Å². The van der Waals surface area contributed by atoms with Crippen LogP contribution in [0.25, 0.3) is 10.9 Å². The fourth-order valence-electron chi connectivity index (χ4n) is 5.94. The molecule has 2 aromatic heterocycles. The maximum Gasteiger partial charge on any atom is 0.319 e. The topological polar surface area (TPSA) is 63.6 Å². The van der Waals surface area contributed by atoms with Gasteiger partial charge in [-0.3, -0.25) is 4.90 Å². The number of ether oxygens (including phenoxy) is 2. The second-order valence-electron chi connectivity index (χ2n) is 9.24. The number of hydrogen-bond acceptors (Lipinski definition) is 7. The Hall–Kier alpha value is -1.77. The van der Waals surface area contributed by atoms with Gasteiger partial charge in [0.25, 0.3) is 0 Å². The zero-order chi connectivity index (χ0) is 21.0. The first kappa shape index (κ1) is 19.9. The molecule has 1 unspecified atom stereocenters. The Bertz CT molecular complexity index is 1010. The second-order valence-corrected chi connectivity index (χ2v) is 9.60. The minimum atomic E-state index is -0.597. The Labute approximate surface area is 185 Å². The predicted octanol–water partition coefficient (Wildman–Crippen LogP) is 3.37. The summed E-state index contributed by atoms with van der Waals surface area (Å²) in [7, 11) is 0. The van der Waals surface area contributed by atoms with Crippen molar-refractivity contribution in [1.82, 2.24) is 19.9 Å². The minimum absolute atomic E-state index is 0.0744. The van der Waals surface area contributed by atoms with Gasteiger partial charge in [-0.05, 0) is 58.0 Å². The molecular weight excluding hydrogens is 421 g/mol. The summed E-state index contributed by atoms with van der Waals surface area (Å²) in [6, 6.07) is 0.400. The molecule has 0 saturated carbocycles. The molecule has 7 nitrogen and oxygen atoms in total. The van der Waals surface area contributed by atoms with E-state index in [1.165, 1.54) is 12.8 Å². The molecule has 0 bridgehead atoms. The van der Waals surface area contributed by atoms with Crippen LogP contribution in [-0.4, -0.2) is 70.9 Å². The molecule has 2 aromatic rings. The lowest BCUT2D eigenvalue weighted by Gasteiger charge is -2.32. The molecule has 4 aliphatic heterocycles. The van der Waals surface area contributed by atoms with Crippen molar-refractivity contribution in [1.29, 1.82) is 0 Å². The first-order valence-electron chi connectivity index (χ1n) is 11.4. The molecule has 9 heteroatoms. The SMILES string of the molecule is Fc1c(Cl)nc2c3c(nc(OCC45CCCN4CCC5)nc13)N1CCCOCC1CC2. The van der Waals surface area contributed by atoms with Gasteiger partial charge in [0.05, 0.1) is 29.3 Å². The Morgan fingerprint density at radius 2 is 1.97 bits per heavy atom. The van der Waals surface area contributed by atoms with Crippen LogP contribution in [0.4, 0.5) is 10.2 Å². The number of hydrogen-bond donors (Lipinski definition) is 0. The molecule has 0 spiro atoms. The van der Waals surface area contributed by atoms with Crippen molar-refractivity contribution in [2.75, 3.05) is 44.4 Å². The maximum atomic E-state index is 15.1. The molecule has 0 radical (unpaired) electrons. The molecular formula is C22H27ClFN5O2. The highest BCUT2D eigenvalue weighted by molar-refractivity contribution is 6.30. The van der Waals surface area contributed by atoms with E-state index in [0.717, 1.165) is 57.6 Å². The van der Waals surface area contributed by atoms with E-state index in [-0.39, 0.29) is 28.3 Å². The molecule has 0 N–H and O–H groups in total. The molecule has 166 valence electrons. The number of halogens is 2. The summed E-state index contributed by atoms with van der Waals surface area (Å²) in [6.45, 7) is 4.95. The van der Waals surface area contributed by atoms with Crippen molar-refractivity contribution in [2.45, 2.75) is 56.5 Å². The van der Waals surface area contributed by atoms with Crippen LogP contribution in [0.2, 0.25) is 5.15 Å². The maximum absolute atomic E-state index is 15.1. The average molecular weight is 448 g/mol.